The van der Waals surface area contributed by atoms with Crippen molar-refractivity contribution in [3.8, 4) is 0 Å². The van der Waals surface area contributed by atoms with Crippen LogP contribution in [0.5, 0.6) is 0 Å². The maximum atomic E-state index is 4.51. The van der Waals surface area contributed by atoms with Gasteiger partial charge in [-0.2, -0.15) is 5.10 Å². The molecule has 0 unspecified atom stereocenters. The van der Waals surface area contributed by atoms with Gasteiger partial charge in [-0.05, 0) is 69.2 Å². The molecule has 5 heteroatoms. The highest BCUT2D eigenvalue weighted by molar-refractivity contribution is 9.10. The molecule has 1 aromatic rings. The van der Waals surface area contributed by atoms with Crippen molar-refractivity contribution in [2.24, 2.45) is 7.05 Å². The van der Waals surface area contributed by atoms with E-state index >= 15 is 0 Å². The largest absolute Gasteiger partial charge is 0.311 e. The maximum absolute atomic E-state index is 4.51. The number of halogens is 1. The Morgan fingerprint density at radius 2 is 2.05 bits per heavy atom. The van der Waals surface area contributed by atoms with Gasteiger partial charge in [-0.1, -0.05) is 6.92 Å². The van der Waals surface area contributed by atoms with Gasteiger partial charge in [-0.15, -0.1) is 0 Å². The van der Waals surface area contributed by atoms with Crippen LogP contribution in [0, 0.1) is 0 Å². The molecule has 0 aliphatic carbocycles. The van der Waals surface area contributed by atoms with Crippen molar-refractivity contribution >= 4 is 15.9 Å². The molecule has 0 radical (unpaired) electrons. The van der Waals surface area contributed by atoms with Crippen LogP contribution >= 0.6 is 15.9 Å². The van der Waals surface area contributed by atoms with Crippen molar-refractivity contribution in [3.63, 3.8) is 0 Å². The van der Waals surface area contributed by atoms with E-state index in [2.05, 4.69) is 59.1 Å². The molecule has 1 heterocycles. The van der Waals surface area contributed by atoms with Crippen molar-refractivity contribution in [1.82, 2.24) is 20.0 Å². The fourth-order valence-electron chi connectivity index (χ4n) is 2.09. The fraction of sp³-hybridized carbons (Fsp3) is 0.800. The summed E-state index contributed by atoms with van der Waals surface area (Å²) in [4.78, 5) is 2.39. The molecule has 20 heavy (non-hydrogen) atoms. The van der Waals surface area contributed by atoms with Gasteiger partial charge in [0.15, 0.2) is 0 Å². The van der Waals surface area contributed by atoms with E-state index in [0.717, 1.165) is 29.7 Å². The van der Waals surface area contributed by atoms with Crippen molar-refractivity contribution in [2.75, 3.05) is 20.1 Å². The van der Waals surface area contributed by atoms with Gasteiger partial charge in [-0.3, -0.25) is 4.68 Å². The Morgan fingerprint density at radius 3 is 2.60 bits per heavy atom. The van der Waals surface area contributed by atoms with Crippen LogP contribution in [-0.4, -0.2) is 40.9 Å². The molecule has 0 aliphatic heterocycles. The van der Waals surface area contributed by atoms with Crippen LogP contribution in [0.25, 0.3) is 0 Å². The average Bonchev–Trinajstić information content (AvgIpc) is 2.68. The maximum Gasteiger partial charge on any atom is 0.0767 e. The van der Waals surface area contributed by atoms with Crippen LogP contribution in [0.3, 0.4) is 0 Å². The Balaban J connectivity index is 2.23. The zero-order chi connectivity index (χ0) is 15.1. The molecular weight excluding hydrogens is 316 g/mol. The van der Waals surface area contributed by atoms with Gasteiger partial charge in [0.2, 0.25) is 0 Å². The Hall–Kier alpha value is -0.390. The minimum atomic E-state index is 0.640. The molecule has 0 saturated carbocycles. The lowest BCUT2D eigenvalue weighted by atomic mass is 10.2. The lowest BCUT2D eigenvalue weighted by Gasteiger charge is -2.20. The number of hydrogen-bond donors (Lipinski definition) is 1. The van der Waals surface area contributed by atoms with Crippen LogP contribution in [0.15, 0.2) is 4.47 Å². The monoisotopic (exact) mass is 344 g/mol. The highest BCUT2D eigenvalue weighted by Crippen LogP contribution is 2.21. The second kappa shape index (κ2) is 8.80. The summed E-state index contributed by atoms with van der Waals surface area (Å²) in [5.74, 6) is 0. The van der Waals surface area contributed by atoms with Gasteiger partial charge in [0.1, 0.15) is 0 Å². The third-order valence-electron chi connectivity index (χ3n) is 3.79. The standard InChI is InChI=1S/C15H29BrN4/c1-6-13-15(16)14(20(5)18-13)11-17-9-7-8-10-19(4)12(2)3/h12,17H,6-11H2,1-5H3. The van der Waals surface area contributed by atoms with Crippen LogP contribution in [0.4, 0.5) is 0 Å². The van der Waals surface area contributed by atoms with E-state index in [1.165, 1.54) is 25.1 Å². The molecular formula is C15H29BrN4. The normalized spacial score (nSPS) is 11.8. The van der Waals surface area contributed by atoms with Crippen LogP contribution < -0.4 is 5.32 Å². The van der Waals surface area contributed by atoms with E-state index in [9.17, 15) is 0 Å². The summed E-state index contributed by atoms with van der Waals surface area (Å²) >= 11 is 3.65. The number of aryl methyl sites for hydroxylation is 2. The average molecular weight is 345 g/mol. The summed E-state index contributed by atoms with van der Waals surface area (Å²) < 4.78 is 3.14. The van der Waals surface area contributed by atoms with Gasteiger partial charge in [0, 0.05) is 19.6 Å². The Kier molecular flexibility index (Phi) is 7.77. The fourth-order valence-corrected chi connectivity index (χ4v) is 2.84. The predicted molar refractivity (Wildman–Crippen MR) is 89.0 cm³/mol. The van der Waals surface area contributed by atoms with E-state index in [1.807, 2.05) is 11.7 Å². The first-order chi connectivity index (χ1) is 9.47. The summed E-state index contributed by atoms with van der Waals surface area (Å²) in [7, 11) is 4.20. The molecule has 0 aromatic carbocycles. The van der Waals surface area contributed by atoms with Gasteiger partial charge in [-0.25, -0.2) is 0 Å². The molecule has 1 rings (SSSR count). The highest BCUT2D eigenvalue weighted by atomic mass is 79.9. The van der Waals surface area contributed by atoms with E-state index in [-0.39, 0.29) is 0 Å². The lowest BCUT2D eigenvalue weighted by molar-refractivity contribution is 0.268. The van der Waals surface area contributed by atoms with Gasteiger partial charge < -0.3 is 10.2 Å². The molecule has 0 spiro atoms. The first kappa shape index (κ1) is 17.7. The number of rotatable bonds is 9. The highest BCUT2D eigenvalue weighted by Gasteiger charge is 2.11. The molecule has 0 amide bonds. The van der Waals surface area contributed by atoms with Crippen molar-refractivity contribution in [3.05, 3.63) is 15.9 Å². The van der Waals surface area contributed by atoms with E-state index in [0.29, 0.717) is 6.04 Å². The van der Waals surface area contributed by atoms with Crippen LogP contribution in [0.2, 0.25) is 0 Å². The molecule has 4 nitrogen and oxygen atoms in total. The van der Waals surface area contributed by atoms with E-state index in [1.54, 1.807) is 0 Å². The smallest absolute Gasteiger partial charge is 0.0767 e. The molecule has 1 N–H and O–H groups in total. The second-order valence-corrected chi connectivity index (χ2v) is 6.44. The van der Waals surface area contributed by atoms with E-state index in [4.69, 9.17) is 0 Å². The minimum absolute atomic E-state index is 0.640. The van der Waals surface area contributed by atoms with Crippen LogP contribution in [-0.2, 0) is 20.0 Å². The number of aromatic nitrogens is 2. The summed E-state index contributed by atoms with van der Waals surface area (Å²) in [5.41, 5.74) is 2.38. The summed E-state index contributed by atoms with van der Waals surface area (Å²) in [6.07, 6.45) is 3.43. The molecule has 0 bridgehead atoms. The third-order valence-corrected chi connectivity index (χ3v) is 4.71. The Morgan fingerprint density at radius 1 is 1.35 bits per heavy atom. The number of nitrogens with one attached hydrogen (secondary N) is 1. The van der Waals surface area contributed by atoms with Crippen LogP contribution in [0.1, 0.15) is 45.0 Å². The van der Waals surface area contributed by atoms with Gasteiger partial charge >= 0.3 is 0 Å². The van der Waals surface area contributed by atoms with Crippen molar-refractivity contribution in [2.45, 2.75) is 52.6 Å². The first-order valence-corrected chi connectivity index (χ1v) is 8.37. The quantitative estimate of drug-likeness (QED) is 0.699. The molecule has 0 atom stereocenters. The Bertz CT molecular complexity index is 401. The van der Waals surface area contributed by atoms with Gasteiger partial charge in [0.05, 0.1) is 15.9 Å². The second-order valence-electron chi connectivity index (χ2n) is 5.64. The van der Waals surface area contributed by atoms with Crippen molar-refractivity contribution in [1.29, 1.82) is 0 Å². The zero-order valence-electron chi connectivity index (χ0n) is 13.5. The van der Waals surface area contributed by atoms with E-state index < -0.39 is 0 Å². The summed E-state index contributed by atoms with van der Waals surface area (Å²) in [6.45, 7) is 9.73. The molecule has 0 saturated heterocycles. The van der Waals surface area contributed by atoms with Crippen molar-refractivity contribution < 1.29 is 0 Å². The minimum Gasteiger partial charge on any atom is -0.311 e. The number of hydrogen-bond acceptors (Lipinski definition) is 3. The number of unbranched alkanes of at least 4 members (excludes halogenated alkanes) is 1. The lowest BCUT2D eigenvalue weighted by Crippen LogP contribution is -2.28. The first-order valence-electron chi connectivity index (χ1n) is 7.58. The topological polar surface area (TPSA) is 33.1 Å². The summed E-state index contributed by atoms with van der Waals surface area (Å²) in [5, 5.41) is 8.02. The predicted octanol–water partition coefficient (Wildman–Crippen LogP) is 2.96. The molecule has 0 aliphatic rings. The van der Waals surface area contributed by atoms with Gasteiger partial charge in [0.25, 0.3) is 0 Å². The molecule has 116 valence electrons. The SMILES string of the molecule is CCc1nn(C)c(CNCCCCN(C)C(C)C)c1Br. The third kappa shape index (κ3) is 5.19. The number of nitrogens with zero attached hydrogens (tertiary/aromatic N) is 3. The summed E-state index contributed by atoms with van der Waals surface area (Å²) in [6, 6.07) is 0.640. The zero-order valence-corrected chi connectivity index (χ0v) is 15.1. The molecule has 1 aromatic heterocycles. The molecule has 0 fully saturated rings. The Labute approximate surface area is 132 Å².